The monoisotopic (exact) mass is 260 g/mol. The molecule has 0 aliphatic rings. The van der Waals surface area contributed by atoms with Crippen LogP contribution in [-0.4, -0.2) is 20.4 Å². The van der Waals surface area contributed by atoms with Crippen molar-refractivity contribution in [2.75, 3.05) is 0 Å². The first-order valence-corrected chi connectivity index (χ1v) is 5.97. The molecule has 0 bridgehead atoms. The predicted octanol–water partition coefficient (Wildman–Crippen LogP) is 1.67. The van der Waals surface area contributed by atoms with Gasteiger partial charge in [-0.05, 0) is 46.5 Å². The van der Waals surface area contributed by atoms with E-state index in [2.05, 4.69) is 0 Å². The Morgan fingerprint density at radius 3 is 1.47 bits per heavy atom. The molecule has 0 fully saturated rings. The summed E-state index contributed by atoms with van der Waals surface area (Å²) in [5.74, 6) is 0.233. The van der Waals surface area contributed by atoms with E-state index in [9.17, 15) is 10.2 Å². The van der Waals surface area contributed by atoms with Gasteiger partial charge >= 0.3 is 0 Å². The molecule has 19 heavy (non-hydrogen) atoms. The number of aliphatic hydroxyl groups excluding tert-OH is 2. The SMILES string of the molecule is OCc1ccc(O)c(Cc2cc(CO)ccc2O)c1. The molecular weight excluding hydrogens is 244 g/mol. The molecule has 0 radical (unpaired) electrons. The minimum absolute atomic E-state index is 0.101. The van der Waals surface area contributed by atoms with Gasteiger partial charge in [0.05, 0.1) is 13.2 Å². The molecule has 2 aromatic carbocycles. The molecule has 0 aromatic heterocycles. The summed E-state index contributed by atoms with van der Waals surface area (Å²) >= 11 is 0. The normalized spacial score (nSPS) is 10.6. The molecule has 0 spiro atoms. The Hall–Kier alpha value is -2.04. The highest BCUT2D eigenvalue weighted by Gasteiger charge is 2.08. The number of hydrogen-bond donors (Lipinski definition) is 4. The van der Waals surface area contributed by atoms with Gasteiger partial charge in [0.15, 0.2) is 0 Å². The van der Waals surface area contributed by atoms with Crippen molar-refractivity contribution in [3.8, 4) is 11.5 Å². The van der Waals surface area contributed by atoms with Crippen LogP contribution in [-0.2, 0) is 19.6 Å². The standard InChI is InChI=1S/C15H16O4/c16-8-10-1-3-14(18)12(5-10)7-13-6-11(9-17)2-4-15(13)19/h1-6,16-19H,7-9H2. The molecule has 4 heteroatoms. The van der Waals surface area contributed by atoms with Crippen LogP contribution < -0.4 is 0 Å². The number of aromatic hydroxyl groups is 2. The van der Waals surface area contributed by atoms with E-state index in [4.69, 9.17) is 10.2 Å². The molecule has 4 nitrogen and oxygen atoms in total. The maximum atomic E-state index is 9.80. The van der Waals surface area contributed by atoms with Crippen molar-refractivity contribution in [1.82, 2.24) is 0 Å². The van der Waals surface area contributed by atoms with Gasteiger partial charge in [0, 0.05) is 6.42 Å². The van der Waals surface area contributed by atoms with E-state index in [1.54, 1.807) is 24.3 Å². The second-order valence-electron chi connectivity index (χ2n) is 4.42. The topological polar surface area (TPSA) is 80.9 Å². The lowest BCUT2D eigenvalue weighted by molar-refractivity contribution is 0.281. The Morgan fingerprint density at radius 2 is 1.11 bits per heavy atom. The summed E-state index contributed by atoms with van der Waals surface area (Å²) in [5, 5.41) is 37.8. The van der Waals surface area contributed by atoms with Crippen LogP contribution in [0.1, 0.15) is 22.3 Å². The maximum absolute atomic E-state index is 9.80. The molecule has 0 saturated heterocycles. The first-order valence-electron chi connectivity index (χ1n) is 5.97. The van der Waals surface area contributed by atoms with E-state index in [1.165, 1.54) is 12.1 Å². The first-order chi connectivity index (χ1) is 9.13. The number of phenolic OH excluding ortho intramolecular Hbond substituents is 2. The van der Waals surface area contributed by atoms with Crippen LogP contribution in [0.4, 0.5) is 0 Å². The molecule has 0 unspecified atom stereocenters. The zero-order chi connectivity index (χ0) is 13.8. The molecule has 2 aromatic rings. The van der Waals surface area contributed by atoms with Crippen molar-refractivity contribution < 1.29 is 20.4 Å². The Labute approximate surface area is 111 Å². The third-order valence-electron chi connectivity index (χ3n) is 3.03. The lowest BCUT2D eigenvalue weighted by Crippen LogP contribution is -1.94. The summed E-state index contributed by atoms with van der Waals surface area (Å²) in [6.07, 6.45) is 0.333. The molecule has 0 atom stereocenters. The fourth-order valence-corrected chi connectivity index (χ4v) is 1.96. The molecule has 0 aliphatic carbocycles. The van der Waals surface area contributed by atoms with Gasteiger partial charge in [0.2, 0.25) is 0 Å². The summed E-state index contributed by atoms with van der Waals surface area (Å²) in [6, 6.07) is 9.72. The van der Waals surface area contributed by atoms with Crippen LogP contribution in [0.15, 0.2) is 36.4 Å². The van der Waals surface area contributed by atoms with Crippen molar-refractivity contribution in [2.24, 2.45) is 0 Å². The number of benzene rings is 2. The Kier molecular flexibility index (Phi) is 4.04. The van der Waals surface area contributed by atoms with Crippen LogP contribution in [0.2, 0.25) is 0 Å². The van der Waals surface area contributed by atoms with Crippen molar-refractivity contribution in [3.63, 3.8) is 0 Å². The minimum atomic E-state index is -0.101. The fraction of sp³-hybridized carbons (Fsp3) is 0.200. The summed E-state index contributed by atoms with van der Waals surface area (Å²) < 4.78 is 0. The number of aliphatic hydroxyl groups is 2. The molecule has 4 N–H and O–H groups in total. The third kappa shape index (κ3) is 3.05. The maximum Gasteiger partial charge on any atom is 0.119 e. The molecule has 100 valence electrons. The van der Waals surface area contributed by atoms with Crippen molar-refractivity contribution in [2.45, 2.75) is 19.6 Å². The quantitative estimate of drug-likeness (QED) is 0.674. The van der Waals surface area contributed by atoms with Gasteiger partial charge in [-0.2, -0.15) is 0 Å². The predicted molar refractivity (Wildman–Crippen MR) is 70.9 cm³/mol. The zero-order valence-corrected chi connectivity index (χ0v) is 10.4. The summed E-state index contributed by atoms with van der Waals surface area (Å²) in [6.45, 7) is -0.202. The average molecular weight is 260 g/mol. The van der Waals surface area contributed by atoms with Gasteiger partial charge < -0.3 is 20.4 Å². The highest BCUT2D eigenvalue weighted by Crippen LogP contribution is 2.27. The largest absolute Gasteiger partial charge is 0.508 e. The molecule has 0 heterocycles. The average Bonchev–Trinajstić information content (AvgIpc) is 2.43. The van der Waals surface area contributed by atoms with Crippen molar-refractivity contribution in [3.05, 3.63) is 58.7 Å². The Bertz CT molecular complexity index is 527. The van der Waals surface area contributed by atoms with E-state index < -0.39 is 0 Å². The molecule has 0 amide bonds. The molecule has 0 aliphatic heterocycles. The van der Waals surface area contributed by atoms with Gasteiger partial charge in [-0.25, -0.2) is 0 Å². The zero-order valence-electron chi connectivity index (χ0n) is 10.4. The number of hydrogen-bond acceptors (Lipinski definition) is 4. The van der Waals surface area contributed by atoms with Gasteiger partial charge in [-0.15, -0.1) is 0 Å². The smallest absolute Gasteiger partial charge is 0.119 e. The van der Waals surface area contributed by atoms with E-state index in [1.807, 2.05) is 0 Å². The van der Waals surface area contributed by atoms with Crippen LogP contribution in [0, 0.1) is 0 Å². The number of rotatable bonds is 4. The second kappa shape index (κ2) is 5.73. The summed E-state index contributed by atoms with van der Waals surface area (Å²) in [7, 11) is 0. The third-order valence-corrected chi connectivity index (χ3v) is 3.03. The second-order valence-corrected chi connectivity index (χ2v) is 4.42. The molecule has 2 rings (SSSR count). The molecule has 0 saturated carbocycles. The molecular formula is C15H16O4. The number of phenols is 2. The van der Waals surface area contributed by atoms with Gasteiger partial charge in [0.25, 0.3) is 0 Å². The van der Waals surface area contributed by atoms with E-state index in [0.29, 0.717) is 28.7 Å². The highest BCUT2D eigenvalue weighted by atomic mass is 16.3. The Balaban J connectivity index is 2.35. The minimum Gasteiger partial charge on any atom is -0.508 e. The van der Waals surface area contributed by atoms with E-state index in [-0.39, 0.29) is 24.7 Å². The van der Waals surface area contributed by atoms with Crippen LogP contribution in [0.25, 0.3) is 0 Å². The van der Waals surface area contributed by atoms with Crippen LogP contribution >= 0.6 is 0 Å². The van der Waals surface area contributed by atoms with Gasteiger partial charge in [-0.3, -0.25) is 0 Å². The highest BCUT2D eigenvalue weighted by molar-refractivity contribution is 5.44. The first kappa shape index (κ1) is 13.4. The van der Waals surface area contributed by atoms with E-state index >= 15 is 0 Å². The summed E-state index contributed by atoms with van der Waals surface area (Å²) in [5.41, 5.74) is 2.64. The van der Waals surface area contributed by atoms with Crippen molar-refractivity contribution in [1.29, 1.82) is 0 Å². The lowest BCUT2D eigenvalue weighted by Gasteiger charge is -2.09. The fourth-order valence-electron chi connectivity index (χ4n) is 1.96. The summed E-state index contributed by atoms with van der Waals surface area (Å²) in [4.78, 5) is 0. The lowest BCUT2D eigenvalue weighted by atomic mass is 9.99. The van der Waals surface area contributed by atoms with E-state index in [0.717, 1.165) is 0 Å². The van der Waals surface area contributed by atoms with Crippen molar-refractivity contribution >= 4 is 0 Å². The van der Waals surface area contributed by atoms with Gasteiger partial charge in [-0.1, -0.05) is 12.1 Å². The van der Waals surface area contributed by atoms with Gasteiger partial charge in [0.1, 0.15) is 11.5 Å². The Morgan fingerprint density at radius 1 is 0.684 bits per heavy atom. The van der Waals surface area contributed by atoms with Crippen LogP contribution in [0.5, 0.6) is 11.5 Å². The van der Waals surface area contributed by atoms with Crippen LogP contribution in [0.3, 0.4) is 0 Å².